The lowest BCUT2D eigenvalue weighted by molar-refractivity contribution is -0.115. The van der Waals surface area contributed by atoms with Crippen molar-refractivity contribution in [3.05, 3.63) is 60.7 Å². The SMILES string of the molecule is O=C[C@H](OP(c1ccccc1)c1ccccc1)C1CCCCC1. The molecule has 1 aliphatic rings. The number of hydrogen-bond acceptors (Lipinski definition) is 2. The molecule has 0 aromatic heterocycles. The van der Waals surface area contributed by atoms with E-state index < -0.39 is 8.15 Å². The van der Waals surface area contributed by atoms with Gasteiger partial charge >= 0.3 is 0 Å². The molecule has 2 nitrogen and oxygen atoms in total. The summed E-state index contributed by atoms with van der Waals surface area (Å²) in [5, 5.41) is 2.33. The lowest BCUT2D eigenvalue weighted by atomic mass is 9.86. The second-order valence-electron chi connectivity index (χ2n) is 6.07. The molecule has 1 aliphatic carbocycles. The van der Waals surface area contributed by atoms with Crippen molar-refractivity contribution in [1.29, 1.82) is 0 Å². The van der Waals surface area contributed by atoms with Crippen molar-refractivity contribution in [2.45, 2.75) is 38.2 Å². The fourth-order valence-electron chi connectivity index (χ4n) is 3.20. The van der Waals surface area contributed by atoms with Crippen LogP contribution in [-0.4, -0.2) is 12.4 Å². The molecule has 0 spiro atoms. The third kappa shape index (κ3) is 4.28. The first-order chi connectivity index (χ1) is 11.4. The van der Waals surface area contributed by atoms with E-state index in [-0.39, 0.29) is 6.10 Å². The molecule has 23 heavy (non-hydrogen) atoms. The number of hydrogen-bond donors (Lipinski definition) is 0. The van der Waals surface area contributed by atoms with Crippen LogP contribution in [0, 0.1) is 5.92 Å². The van der Waals surface area contributed by atoms with Crippen LogP contribution in [0.1, 0.15) is 32.1 Å². The van der Waals surface area contributed by atoms with Gasteiger partial charge in [0, 0.05) is 10.6 Å². The molecule has 0 unspecified atom stereocenters. The highest BCUT2D eigenvalue weighted by Gasteiger charge is 2.28. The van der Waals surface area contributed by atoms with Crippen LogP contribution in [0.4, 0.5) is 0 Å². The normalized spacial score (nSPS) is 17.1. The van der Waals surface area contributed by atoms with Gasteiger partial charge in [0.2, 0.25) is 0 Å². The first kappa shape index (κ1) is 16.4. The van der Waals surface area contributed by atoms with E-state index in [2.05, 4.69) is 24.3 Å². The summed E-state index contributed by atoms with van der Waals surface area (Å²) in [6, 6.07) is 20.6. The summed E-state index contributed by atoms with van der Waals surface area (Å²) >= 11 is 0. The predicted octanol–water partition coefficient (Wildman–Crippen LogP) is 4.20. The van der Waals surface area contributed by atoms with Gasteiger partial charge in [-0.2, -0.15) is 0 Å². The van der Waals surface area contributed by atoms with Crippen LogP contribution in [0.15, 0.2) is 60.7 Å². The summed E-state index contributed by atoms with van der Waals surface area (Å²) < 4.78 is 6.41. The minimum Gasteiger partial charge on any atom is -0.339 e. The molecular weight excluding hydrogens is 303 g/mol. The van der Waals surface area contributed by atoms with Crippen LogP contribution >= 0.6 is 8.15 Å². The number of aldehydes is 1. The average molecular weight is 326 g/mol. The Hall–Kier alpha value is -1.50. The van der Waals surface area contributed by atoms with E-state index in [0.29, 0.717) is 5.92 Å². The van der Waals surface area contributed by atoms with E-state index in [4.69, 9.17) is 4.52 Å². The molecular formula is C20H23O2P. The van der Waals surface area contributed by atoms with Crippen LogP contribution in [-0.2, 0) is 9.32 Å². The van der Waals surface area contributed by atoms with Gasteiger partial charge in [-0.1, -0.05) is 79.9 Å². The molecule has 0 heterocycles. The Bertz CT molecular complexity index is 554. The van der Waals surface area contributed by atoms with E-state index in [1.165, 1.54) is 19.3 Å². The maximum Gasteiger partial charge on any atom is 0.149 e. The summed E-state index contributed by atoms with van der Waals surface area (Å²) in [4.78, 5) is 11.7. The largest absolute Gasteiger partial charge is 0.339 e. The van der Waals surface area contributed by atoms with Gasteiger partial charge in [-0.3, -0.25) is 0 Å². The van der Waals surface area contributed by atoms with Crippen molar-refractivity contribution >= 4 is 25.0 Å². The third-order valence-electron chi connectivity index (χ3n) is 4.46. The molecule has 0 bridgehead atoms. The maximum absolute atomic E-state index is 11.7. The maximum atomic E-state index is 11.7. The Labute approximate surface area is 139 Å². The van der Waals surface area contributed by atoms with E-state index in [9.17, 15) is 4.79 Å². The van der Waals surface area contributed by atoms with Crippen LogP contribution < -0.4 is 10.6 Å². The Balaban J connectivity index is 1.84. The predicted molar refractivity (Wildman–Crippen MR) is 96.6 cm³/mol. The van der Waals surface area contributed by atoms with E-state index >= 15 is 0 Å². The number of carbonyl (C=O) groups is 1. The molecule has 0 radical (unpaired) electrons. The Morgan fingerprint density at radius 3 is 1.87 bits per heavy atom. The molecule has 0 N–H and O–H groups in total. The second kappa shape index (κ2) is 8.38. The topological polar surface area (TPSA) is 26.3 Å². The molecule has 2 aromatic rings. The summed E-state index contributed by atoms with van der Waals surface area (Å²) in [5.74, 6) is 0.374. The van der Waals surface area contributed by atoms with Crippen LogP contribution in [0.2, 0.25) is 0 Å². The van der Waals surface area contributed by atoms with Gasteiger partial charge in [0.1, 0.15) is 12.4 Å². The van der Waals surface area contributed by atoms with Crippen molar-refractivity contribution in [2.75, 3.05) is 0 Å². The van der Waals surface area contributed by atoms with Gasteiger partial charge in [0.15, 0.2) is 0 Å². The summed E-state index contributed by atoms with van der Waals surface area (Å²) in [7, 11) is -0.952. The molecule has 3 rings (SSSR count). The average Bonchev–Trinajstić information content (AvgIpc) is 2.65. The molecule has 1 saturated carbocycles. The Morgan fingerprint density at radius 1 is 0.870 bits per heavy atom. The monoisotopic (exact) mass is 326 g/mol. The highest BCUT2D eigenvalue weighted by atomic mass is 31.1. The lowest BCUT2D eigenvalue weighted by Gasteiger charge is -2.30. The summed E-state index contributed by atoms with van der Waals surface area (Å²) in [6.45, 7) is 0. The fraction of sp³-hybridized carbons (Fsp3) is 0.350. The molecule has 1 atom stereocenters. The van der Waals surface area contributed by atoms with Crippen LogP contribution in [0.25, 0.3) is 0 Å². The standard InChI is InChI=1S/C20H23O2P/c21-16-20(17-10-4-1-5-11-17)22-23(18-12-6-2-7-13-18)19-14-8-3-9-15-19/h2-3,6-9,12-17,20H,1,4-5,10-11H2/t20-/m0/s1. The van der Waals surface area contributed by atoms with Crippen LogP contribution in [0.5, 0.6) is 0 Å². The van der Waals surface area contributed by atoms with Gasteiger partial charge in [-0.05, 0) is 18.8 Å². The van der Waals surface area contributed by atoms with Crippen molar-refractivity contribution in [3.63, 3.8) is 0 Å². The molecule has 0 amide bonds. The summed E-state index contributed by atoms with van der Waals surface area (Å²) in [6.07, 6.45) is 6.67. The molecule has 1 fully saturated rings. The van der Waals surface area contributed by atoms with E-state index in [0.717, 1.165) is 29.7 Å². The molecule has 0 aliphatic heterocycles. The van der Waals surface area contributed by atoms with Gasteiger partial charge in [-0.15, -0.1) is 0 Å². The smallest absolute Gasteiger partial charge is 0.149 e. The quantitative estimate of drug-likeness (QED) is 0.587. The molecule has 2 aromatic carbocycles. The number of carbonyl (C=O) groups excluding carboxylic acids is 1. The van der Waals surface area contributed by atoms with Gasteiger partial charge in [-0.25, -0.2) is 0 Å². The molecule has 120 valence electrons. The minimum absolute atomic E-state index is 0.290. The molecule has 0 saturated heterocycles. The zero-order valence-corrected chi connectivity index (χ0v) is 14.2. The van der Waals surface area contributed by atoms with Gasteiger partial charge < -0.3 is 9.32 Å². The van der Waals surface area contributed by atoms with Crippen molar-refractivity contribution in [3.8, 4) is 0 Å². The second-order valence-corrected chi connectivity index (χ2v) is 7.90. The summed E-state index contributed by atoms with van der Waals surface area (Å²) in [5.41, 5.74) is 0. The van der Waals surface area contributed by atoms with E-state index in [1.54, 1.807) is 0 Å². The highest BCUT2D eigenvalue weighted by molar-refractivity contribution is 7.68. The lowest BCUT2D eigenvalue weighted by Crippen LogP contribution is -2.29. The molecule has 3 heteroatoms. The van der Waals surface area contributed by atoms with Gasteiger partial charge in [0.05, 0.1) is 8.15 Å². The number of benzene rings is 2. The zero-order chi connectivity index (χ0) is 15.9. The Kier molecular flexibility index (Phi) is 5.96. The fourth-order valence-corrected chi connectivity index (χ4v) is 5.10. The van der Waals surface area contributed by atoms with E-state index in [1.807, 2.05) is 36.4 Å². The van der Waals surface area contributed by atoms with Gasteiger partial charge in [0.25, 0.3) is 0 Å². The number of rotatable bonds is 6. The minimum atomic E-state index is -0.952. The highest BCUT2D eigenvalue weighted by Crippen LogP contribution is 2.39. The third-order valence-corrected chi connectivity index (χ3v) is 6.45. The van der Waals surface area contributed by atoms with Crippen molar-refractivity contribution in [1.82, 2.24) is 0 Å². The first-order valence-corrected chi connectivity index (χ1v) is 9.67. The van der Waals surface area contributed by atoms with Crippen molar-refractivity contribution < 1.29 is 9.32 Å². The zero-order valence-electron chi connectivity index (χ0n) is 13.3. The van der Waals surface area contributed by atoms with Crippen LogP contribution in [0.3, 0.4) is 0 Å². The first-order valence-electron chi connectivity index (χ1n) is 8.41. The Morgan fingerprint density at radius 2 is 1.39 bits per heavy atom. The van der Waals surface area contributed by atoms with Crippen molar-refractivity contribution in [2.24, 2.45) is 5.92 Å².